The number of carbonyl (C=O) groups excluding carboxylic acids is 2. The molecular weight excluding hydrogens is 304 g/mol. The summed E-state index contributed by atoms with van der Waals surface area (Å²) in [5, 5.41) is 11.6. The van der Waals surface area contributed by atoms with Crippen LogP contribution in [0.2, 0.25) is 0 Å². The fourth-order valence-electron chi connectivity index (χ4n) is 2.93. The van der Waals surface area contributed by atoms with Gasteiger partial charge in [-0.25, -0.2) is 0 Å². The lowest BCUT2D eigenvalue weighted by atomic mass is 10.1. The van der Waals surface area contributed by atoms with Crippen LogP contribution in [0.25, 0.3) is 0 Å². The highest BCUT2D eigenvalue weighted by Crippen LogP contribution is 2.31. The lowest BCUT2D eigenvalue weighted by Crippen LogP contribution is -2.39. The van der Waals surface area contributed by atoms with Crippen LogP contribution in [0.4, 0.5) is 5.69 Å². The second kappa shape index (κ2) is 6.92. The van der Waals surface area contributed by atoms with Crippen LogP contribution >= 0.6 is 0 Å². The molecule has 6 nitrogen and oxygen atoms in total. The molecule has 120 valence electrons. The van der Waals surface area contributed by atoms with E-state index in [1.54, 1.807) is 41.6 Å². The maximum absolute atomic E-state index is 12.5. The number of nitrogens with zero attached hydrogens (tertiary/aromatic N) is 3. The van der Waals surface area contributed by atoms with Gasteiger partial charge in [-0.2, -0.15) is 5.26 Å². The number of hydrogen-bond acceptors (Lipinski definition) is 4. The molecular formula is C18H16N4O2. The van der Waals surface area contributed by atoms with Crippen molar-refractivity contribution >= 4 is 17.5 Å². The fourth-order valence-corrected chi connectivity index (χ4v) is 2.93. The van der Waals surface area contributed by atoms with Gasteiger partial charge in [0.2, 0.25) is 0 Å². The summed E-state index contributed by atoms with van der Waals surface area (Å²) < 4.78 is 0. The first kappa shape index (κ1) is 15.7. The smallest absolute Gasteiger partial charge is 0.313 e. The molecule has 0 spiro atoms. The van der Waals surface area contributed by atoms with E-state index < -0.39 is 11.8 Å². The largest absolute Gasteiger partial charge is 0.327 e. The number of carbonyl (C=O) groups is 2. The van der Waals surface area contributed by atoms with Crippen molar-refractivity contribution in [1.29, 1.82) is 5.26 Å². The summed E-state index contributed by atoms with van der Waals surface area (Å²) in [7, 11) is 0. The molecule has 0 aliphatic carbocycles. The zero-order chi connectivity index (χ0) is 16.9. The minimum Gasteiger partial charge on any atom is -0.327 e. The van der Waals surface area contributed by atoms with Crippen LogP contribution in [0.5, 0.6) is 0 Å². The Balaban J connectivity index is 1.76. The van der Waals surface area contributed by atoms with E-state index in [2.05, 4.69) is 10.3 Å². The Bertz CT molecular complexity index is 798. The first-order valence-corrected chi connectivity index (χ1v) is 7.71. The molecule has 2 amide bonds. The van der Waals surface area contributed by atoms with E-state index in [1.807, 2.05) is 18.2 Å². The molecule has 1 saturated heterocycles. The normalized spacial score (nSPS) is 16.5. The molecule has 1 aliphatic heterocycles. The first-order valence-electron chi connectivity index (χ1n) is 7.71. The molecule has 1 aromatic heterocycles. The molecule has 2 aromatic rings. The predicted octanol–water partition coefficient (Wildman–Crippen LogP) is 2.26. The number of rotatable bonds is 2. The monoisotopic (exact) mass is 320 g/mol. The maximum atomic E-state index is 12.5. The van der Waals surface area contributed by atoms with E-state index in [0.717, 1.165) is 18.4 Å². The zero-order valence-corrected chi connectivity index (χ0v) is 13.0. The van der Waals surface area contributed by atoms with Crippen LogP contribution in [0.3, 0.4) is 0 Å². The van der Waals surface area contributed by atoms with Crippen LogP contribution < -0.4 is 5.32 Å². The zero-order valence-electron chi connectivity index (χ0n) is 13.0. The molecule has 1 atom stereocenters. The second-order valence-corrected chi connectivity index (χ2v) is 5.55. The van der Waals surface area contributed by atoms with Crippen molar-refractivity contribution in [2.75, 3.05) is 11.9 Å². The van der Waals surface area contributed by atoms with Crippen molar-refractivity contribution in [3.8, 4) is 6.07 Å². The summed E-state index contributed by atoms with van der Waals surface area (Å²) >= 11 is 0. The van der Waals surface area contributed by atoms with Crippen molar-refractivity contribution in [1.82, 2.24) is 9.88 Å². The molecule has 3 rings (SSSR count). The molecule has 1 aromatic carbocycles. The molecule has 0 bridgehead atoms. The Labute approximate surface area is 139 Å². The summed E-state index contributed by atoms with van der Waals surface area (Å²) in [4.78, 5) is 30.5. The summed E-state index contributed by atoms with van der Waals surface area (Å²) in [5.41, 5.74) is 1.59. The molecule has 1 N–H and O–H groups in total. The lowest BCUT2D eigenvalue weighted by Gasteiger charge is -2.24. The highest BCUT2D eigenvalue weighted by Gasteiger charge is 2.33. The van der Waals surface area contributed by atoms with Crippen molar-refractivity contribution in [3.05, 3.63) is 59.9 Å². The number of aromatic nitrogens is 1. The van der Waals surface area contributed by atoms with Gasteiger partial charge in [-0.05, 0) is 36.6 Å². The van der Waals surface area contributed by atoms with Crippen molar-refractivity contribution in [2.45, 2.75) is 18.9 Å². The first-order chi connectivity index (χ1) is 11.7. The third-order valence-corrected chi connectivity index (χ3v) is 4.07. The van der Waals surface area contributed by atoms with Crippen molar-refractivity contribution in [2.24, 2.45) is 0 Å². The Morgan fingerprint density at radius 1 is 1.25 bits per heavy atom. The third kappa shape index (κ3) is 3.10. The molecule has 2 heterocycles. The van der Waals surface area contributed by atoms with Gasteiger partial charge < -0.3 is 10.2 Å². The Morgan fingerprint density at radius 2 is 2.08 bits per heavy atom. The Morgan fingerprint density at radius 3 is 2.83 bits per heavy atom. The predicted molar refractivity (Wildman–Crippen MR) is 87.7 cm³/mol. The van der Waals surface area contributed by atoms with Crippen LogP contribution in [0, 0.1) is 11.3 Å². The number of amides is 2. The van der Waals surface area contributed by atoms with Gasteiger partial charge in [-0.3, -0.25) is 14.6 Å². The van der Waals surface area contributed by atoms with Gasteiger partial charge in [0.05, 0.1) is 17.3 Å². The Hall–Kier alpha value is -3.20. The van der Waals surface area contributed by atoms with Crippen LogP contribution in [0.15, 0.2) is 48.8 Å². The number of likely N-dealkylation sites (tertiary alicyclic amines) is 1. The highest BCUT2D eigenvalue weighted by atomic mass is 16.2. The summed E-state index contributed by atoms with van der Waals surface area (Å²) in [6, 6.07) is 12.2. The number of benzene rings is 1. The minimum absolute atomic E-state index is 0.136. The summed E-state index contributed by atoms with van der Waals surface area (Å²) in [5.74, 6) is -1.32. The summed E-state index contributed by atoms with van der Waals surface area (Å²) in [6.07, 6.45) is 5.04. The molecule has 6 heteroatoms. The number of nitriles is 1. The average molecular weight is 320 g/mol. The van der Waals surface area contributed by atoms with Gasteiger partial charge in [0.25, 0.3) is 0 Å². The average Bonchev–Trinajstić information content (AvgIpc) is 3.12. The molecule has 1 fully saturated rings. The van der Waals surface area contributed by atoms with E-state index >= 15 is 0 Å². The minimum atomic E-state index is -0.728. The van der Waals surface area contributed by atoms with Crippen molar-refractivity contribution < 1.29 is 9.59 Å². The number of pyridine rings is 1. The molecule has 1 aliphatic rings. The molecule has 24 heavy (non-hydrogen) atoms. The van der Waals surface area contributed by atoms with Crippen LogP contribution in [-0.4, -0.2) is 28.2 Å². The van der Waals surface area contributed by atoms with E-state index in [4.69, 9.17) is 5.26 Å². The highest BCUT2D eigenvalue weighted by molar-refractivity contribution is 6.39. The molecule has 0 saturated carbocycles. The fraction of sp³-hybridized carbons (Fsp3) is 0.222. The van der Waals surface area contributed by atoms with Gasteiger partial charge in [0.15, 0.2) is 0 Å². The number of anilines is 1. The number of hydrogen-bond donors (Lipinski definition) is 1. The van der Waals surface area contributed by atoms with Gasteiger partial charge in [-0.15, -0.1) is 0 Å². The van der Waals surface area contributed by atoms with Gasteiger partial charge in [0.1, 0.15) is 6.07 Å². The quantitative estimate of drug-likeness (QED) is 0.860. The van der Waals surface area contributed by atoms with E-state index in [-0.39, 0.29) is 6.04 Å². The Kier molecular flexibility index (Phi) is 4.52. The second-order valence-electron chi connectivity index (χ2n) is 5.55. The molecule has 0 unspecified atom stereocenters. The van der Waals surface area contributed by atoms with Gasteiger partial charge in [-0.1, -0.05) is 18.2 Å². The van der Waals surface area contributed by atoms with Crippen LogP contribution in [-0.2, 0) is 9.59 Å². The van der Waals surface area contributed by atoms with Gasteiger partial charge >= 0.3 is 11.8 Å². The van der Waals surface area contributed by atoms with Crippen LogP contribution in [0.1, 0.15) is 30.0 Å². The number of para-hydroxylation sites is 1. The van der Waals surface area contributed by atoms with E-state index in [0.29, 0.717) is 17.8 Å². The van der Waals surface area contributed by atoms with E-state index in [9.17, 15) is 9.59 Å². The maximum Gasteiger partial charge on any atom is 0.313 e. The topological polar surface area (TPSA) is 86.1 Å². The third-order valence-electron chi connectivity index (χ3n) is 4.07. The van der Waals surface area contributed by atoms with Gasteiger partial charge in [0, 0.05) is 18.9 Å². The standard InChI is InChI=1S/C18H16N4O2/c19-11-13-5-1-2-7-15(13)21-17(23)18(24)22-10-4-8-16(22)14-6-3-9-20-12-14/h1-3,5-7,9,12,16H,4,8,10H2,(H,21,23)/t16-/m1/s1. The van der Waals surface area contributed by atoms with Crippen molar-refractivity contribution in [3.63, 3.8) is 0 Å². The van der Waals surface area contributed by atoms with E-state index in [1.165, 1.54) is 0 Å². The number of nitrogens with one attached hydrogen (secondary N) is 1. The summed E-state index contributed by atoms with van der Waals surface area (Å²) in [6.45, 7) is 0.533. The lowest BCUT2D eigenvalue weighted by molar-refractivity contribution is -0.143. The SMILES string of the molecule is N#Cc1ccccc1NC(=O)C(=O)N1CCC[C@@H]1c1cccnc1. The molecule has 0 radical (unpaired) electrons.